The number of hydrogen-bond donors (Lipinski definition) is 0. The Morgan fingerprint density at radius 2 is 1.47 bits per heavy atom. The van der Waals surface area contributed by atoms with E-state index in [-0.39, 0.29) is 37.1 Å². The van der Waals surface area contributed by atoms with Crippen molar-refractivity contribution in [2.75, 3.05) is 13.6 Å². The van der Waals surface area contributed by atoms with Gasteiger partial charge in [0.1, 0.15) is 0 Å². The van der Waals surface area contributed by atoms with Crippen LogP contribution in [0.2, 0.25) is 0 Å². The Hall–Kier alpha value is -3.73. The first-order valence-corrected chi connectivity index (χ1v) is 11.6. The average molecular weight is 455 g/mol. The third-order valence-electron chi connectivity index (χ3n) is 6.71. The van der Waals surface area contributed by atoms with Crippen molar-refractivity contribution in [2.24, 2.45) is 0 Å². The van der Waals surface area contributed by atoms with E-state index in [1.165, 1.54) is 4.90 Å². The van der Waals surface area contributed by atoms with Gasteiger partial charge < -0.3 is 4.90 Å². The second kappa shape index (κ2) is 10.0. The molecule has 5 heteroatoms. The van der Waals surface area contributed by atoms with Crippen molar-refractivity contribution < 1.29 is 14.4 Å². The van der Waals surface area contributed by atoms with Crippen molar-refractivity contribution in [1.29, 1.82) is 0 Å². The van der Waals surface area contributed by atoms with Gasteiger partial charge in [0.05, 0.1) is 12.0 Å². The lowest BCUT2D eigenvalue weighted by atomic mass is 9.74. The number of imide groups is 1. The number of hydrogen-bond acceptors (Lipinski definition) is 3. The Morgan fingerprint density at radius 1 is 0.882 bits per heavy atom. The number of nitrogens with zero attached hydrogens (tertiary/aromatic N) is 2. The first-order valence-electron chi connectivity index (χ1n) is 11.6. The highest BCUT2D eigenvalue weighted by Crippen LogP contribution is 2.42. The van der Waals surface area contributed by atoms with Gasteiger partial charge in [-0.05, 0) is 35.6 Å². The summed E-state index contributed by atoms with van der Waals surface area (Å²) in [5, 5.41) is 0. The van der Waals surface area contributed by atoms with Crippen LogP contribution >= 0.6 is 0 Å². The summed E-state index contributed by atoms with van der Waals surface area (Å²) in [5.74, 6) is -0.667. The fraction of sp³-hybridized carbons (Fsp3) is 0.276. The normalized spacial score (nSPS) is 17.8. The van der Waals surface area contributed by atoms with Crippen LogP contribution < -0.4 is 0 Å². The van der Waals surface area contributed by atoms with Gasteiger partial charge in [-0.2, -0.15) is 0 Å². The quantitative estimate of drug-likeness (QED) is 0.478. The highest BCUT2D eigenvalue weighted by atomic mass is 16.2. The average Bonchev–Trinajstić information content (AvgIpc) is 3.08. The molecule has 0 bridgehead atoms. The van der Waals surface area contributed by atoms with E-state index in [1.807, 2.05) is 91.9 Å². The van der Waals surface area contributed by atoms with Crippen LogP contribution in [0.25, 0.3) is 0 Å². The third kappa shape index (κ3) is 4.79. The van der Waals surface area contributed by atoms with Gasteiger partial charge in [-0.25, -0.2) is 0 Å². The van der Waals surface area contributed by atoms with Crippen LogP contribution in [0.1, 0.15) is 35.1 Å². The smallest absolute Gasteiger partial charge is 0.241 e. The van der Waals surface area contributed by atoms with Gasteiger partial charge >= 0.3 is 0 Å². The second-order valence-electron chi connectivity index (χ2n) is 9.07. The van der Waals surface area contributed by atoms with Crippen molar-refractivity contribution in [3.63, 3.8) is 0 Å². The molecule has 1 saturated heterocycles. The van der Waals surface area contributed by atoms with Crippen LogP contribution in [-0.2, 0) is 32.8 Å². The van der Waals surface area contributed by atoms with Crippen molar-refractivity contribution in [3.8, 4) is 0 Å². The summed E-state index contributed by atoms with van der Waals surface area (Å²) in [5.41, 5.74) is 2.52. The van der Waals surface area contributed by atoms with E-state index in [4.69, 9.17) is 0 Å². The molecule has 0 unspecified atom stereocenters. The molecule has 1 heterocycles. The number of amides is 3. The summed E-state index contributed by atoms with van der Waals surface area (Å²) in [4.78, 5) is 43.4. The molecule has 3 aromatic rings. The third-order valence-corrected chi connectivity index (χ3v) is 6.71. The van der Waals surface area contributed by atoms with Crippen LogP contribution in [0.5, 0.6) is 0 Å². The van der Waals surface area contributed by atoms with E-state index in [0.29, 0.717) is 6.54 Å². The van der Waals surface area contributed by atoms with Crippen LogP contribution in [0.4, 0.5) is 0 Å². The van der Waals surface area contributed by atoms with Gasteiger partial charge in [-0.1, -0.05) is 84.9 Å². The number of likely N-dealkylation sites (N-methyl/N-ethyl adjacent to an activating group) is 1. The number of rotatable bonds is 8. The van der Waals surface area contributed by atoms with E-state index >= 15 is 0 Å². The highest BCUT2D eigenvalue weighted by Gasteiger charge is 2.54. The van der Waals surface area contributed by atoms with Gasteiger partial charge in [-0.15, -0.1) is 0 Å². The Labute approximate surface area is 201 Å². The summed E-state index contributed by atoms with van der Waals surface area (Å²) >= 11 is 0. The lowest BCUT2D eigenvalue weighted by Gasteiger charge is -2.30. The van der Waals surface area contributed by atoms with Crippen molar-refractivity contribution in [3.05, 3.63) is 107 Å². The fourth-order valence-corrected chi connectivity index (χ4v) is 4.74. The molecule has 1 aliphatic rings. The number of likely N-dealkylation sites (tertiary alicyclic amines) is 1. The predicted octanol–water partition coefficient (Wildman–Crippen LogP) is 4.28. The van der Waals surface area contributed by atoms with Crippen LogP contribution in [0, 0.1) is 6.92 Å². The molecule has 1 atom stereocenters. The Balaban J connectivity index is 1.59. The molecule has 0 spiro atoms. The molecule has 34 heavy (non-hydrogen) atoms. The summed E-state index contributed by atoms with van der Waals surface area (Å²) in [6, 6.07) is 27.1. The number of aryl methyl sites for hydroxylation is 1. The molecule has 0 aromatic heterocycles. The van der Waals surface area contributed by atoms with Crippen LogP contribution in [0.3, 0.4) is 0 Å². The molecule has 5 nitrogen and oxygen atoms in total. The van der Waals surface area contributed by atoms with Crippen molar-refractivity contribution >= 4 is 17.7 Å². The number of benzene rings is 3. The zero-order valence-corrected chi connectivity index (χ0v) is 19.7. The van der Waals surface area contributed by atoms with E-state index in [9.17, 15) is 14.4 Å². The molecule has 1 aliphatic heterocycles. The lowest BCUT2D eigenvalue weighted by molar-refractivity contribution is -0.143. The van der Waals surface area contributed by atoms with Crippen molar-refractivity contribution in [2.45, 2.75) is 38.1 Å². The molecule has 0 radical (unpaired) electrons. The minimum Gasteiger partial charge on any atom is -0.345 e. The largest absolute Gasteiger partial charge is 0.345 e. The topological polar surface area (TPSA) is 57.7 Å². The fourth-order valence-electron chi connectivity index (χ4n) is 4.74. The van der Waals surface area contributed by atoms with Gasteiger partial charge in [0.25, 0.3) is 0 Å². The van der Waals surface area contributed by atoms with Crippen LogP contribution in [0.15, 0.2) is 84.9 Å². The van der Waals surface area contributed by atoms with E-state index in [0.717, 1.165) is 28.7 Å². The predicted molar refractivity (Wildman–Crippen MR) is 132 cm³/mol. The van der Waals surface area contributed by atoms with Gasteiger partial charge in [-0.3, -0.25) is 19.3 Å². The molecule has 3 aromatic carbocycles. The Kier molecular flexibility index (Phi) is 6.92. The summed E-state index contributed by atoms with van der Waals surface area (Å²) in [6.07, 6.45) is 0.703. The van der Waals surface area contributed by atoms with Gasteiger partial charge in [0, 0.05) is 26.4 Å². The Morgan fingerprint density at radius 3 is 2.12 bits per heavy atom. The highest BCUT2D eigenvalue weighted by molar-refractivity contribution is 6.10. The maximum atomic E-state index is 13.9. The molecular weight excluding hydrogens is 424 g/mol. The zero-order chi connectivity index (χ0) is 24.1. The Bertz CT molecular complexity index is 1180. The number of carbonyl (C=O) groups excluding carboxylic acids is 3. The monoisotopic (exact) mass is 454 g/mol. The minimum absolute atomic E-state index is 0.00177. The van der Waals surface area contributed by atoms with Gasteiger partial charge in [0.15, 0.2) is 0 Å². The standard InChI is InChI=1S/C29H30N2O3/c1-22-11-9-10-16-25(22)29(19-26(32)30(2)18-17-23-12-5-3-6-13-23)20-27(33)31(28(29)34)21-24-14-7-4-8-15-24/h3-16H,17-21H2,1-2H3/t29-/m1/s1. The van der Waals surface area contributed by atoms with E-state index < -0.39 is 5.41 Å². The van der Waals surface area contributed by atoms with Crippen LogP contribution in [-0.4, -0.2) is 41.1 Å². The zero-order valence-electron chi connectivity index (χ0n) is 19.7. The SMILES string of the molecule is Cc1ccccc1[C@@]1(CC(=O)N(C)CCc2ccccc2)CC(=O)N(Cc2ccccc2)C1=O. The molecule has 174 valence electrons. The minimum atomic E-state index is -1.19. The first kappa shape index (κ1) is 23.4. The molecular formula is C29H30N2O3. The molecule has 0 saturated carbocycles. The maximum Gasteiger partial charge on any atom is 0.241 e. The van der Waals surface area contributed by atoms with E-state index in [2.05, 4.69) is 0 Å². The summed E-state index contributed by atoms with van der Waals surface area (Å²) in [6.45, 7) is 2.69. The molecule has 0 N–H and O–H groups in total. The van der Waals surface area contributed by atoms with E-state index in [1.54, 1.807) is 11.9 Å². The first-order chi connectivity index (χ1) is 16.4. The summed E-state index contributed by atoms with van der Waals surface area (Å²) in [7, 11) is 1.76. The van der Waals surface area contributed by atoms with Crippen molar-refractivity contribution in [1.82, 2.24) is 9.80 Å². The second-order valence-corrected chi connectivity index (χ2v) is 9.07. The number of carbonyl (C=O) groups is 3. The molecule has 4 rings (SSSR count). The maximum absolute atomic E-state index is 13.9. The molecule has 0 aliphatic carbocycles. The van der Waals surface area contributed by atoms with Gasteiger partial charge in [0.2, 0.25) is 17.7 Å². The summed E-state index contributed by atoms with van der Waals surface area (Å²) < 4.78 is 0. The molecule has 1 fully saturated rings. The lowest BCUT2D eigenvalue weighted by Crippen LogP contribution is -2.43. The molecule has 3 amide bonds.